The predicted molar refractivity (Wildman–Crippen MR) is 64.0 cm³/mol. The molecule has 1 heterocycles. The monoisotopic (exact) mass is 223 g/mol. The maximum atomic E-state index is 11.5. The Bertz CT molecular complexity index is 366. The molecular formula is C10H17N5O. The van der Waals surface area contributed by atoms with E-state index in [0.717, 1.165) is 0 Å². The highest BCUT2D eigenvalue weighted by atomic mass is 16.2. The molecule has 6 nitrogen and oxygen atoms in total. The highest BCUT2D eigenvalue weighted by molar-refractivity contribution is 5.80. The van der Waals surface area contributed by atoms with Crippen molar-refractivity contribution in [1.29, 1.82) is 0 Å². The van der Waals surface area contributed by atoms with E-state index >= 15 is 0 Å². The van der Waals surface area contributed by atoms with Gasteiger partial charge in [-0.2, -0.15) is 0 Å². The first-order valence-corrected chi connectivity index (χ1v) is 4.89. The van der Waals surface area contributed by atoms with E-state index in [1.807, 2.05) is 19.2 Å². The summed E-state index contributed by atoms with van der Waals surface area (Å²) in [4.78, 5) is 19.0. The van der Waals surface area contributed by atoms with Gasteiger partial charge in [0.05, 0.1) is 6.54 Å². The molecule has 0 fully saturated rings. The third kappa shape index (κ3) is 3.09. The van der Waals surface area contributed by atoms with Gasteiger partial charge in [-0.3, -0.25) is 4.79 Å². The number of nitrogen functional groups attached to an aromatic ring is 1. The second-order valence-corrected chi connectivity index (χ2v) is 3.67. The van der Waals surface area contributed by atoms with Crippen molar-refractivity contribution < 1.29 is 4.79 Å². The Kier molecular flexibility index (Phi) is 4.07. The van der Waals surface area contributed by atoms with Crippen molar-refractivity contribution in [3.63, 3.8) is 0 Å². The van der Waals surface area contributed by atoms with Crippen LogP contribution >= 0.6 is 0 Å². The molecule has 1 aromatic heterocycles. The average molecular weight is 223 g/mol. The van der Waals surface area contributed by atoms with Gasteiger partial charge in [0, 0.05) is 21.1 Å². The van der Waals surface area contributed by atoms with Crippen LogP contribution in [0, 0.1) is 0 Å². The molecule has 0 aromatic carbocycles. The van der Waals surface area contributed by atoms with Crippen LogP contribution in [0.5, 0.6) is 0 Å². The molecule has 0 spiro atoms. The van der Waals surface area contributed by atoms with Gasteiger partial charge in [0.15, 0.2) is 0 Å². The highest BCUT2D eigenvalue weighted by Crippen LogP contribution is 2.11. The molecule has 88 valence electrons. The van der Waals surface area contributed by atoms with Gasteiger partial charge in [-0.15, -0.1) is 0 Å². The number of anilines is 2. The van der Waals surface area contributed by atoms with E-state index in [4.69, 9.17) is 5.84 Å². The minimum atomic E-state index is 0.0235. The van der Waals surface area contributed by atoms with Crippen LogP contribution in [0.1, 0.15) is 0 Å². The summed E-state index contributed by atoms with van der Waals surface area (Å²) in [6.07, 6.45) is 0. The van der Waals surface area contributed by atoms with Crippen LogP contribution in [0.4, 0.5) is 11.6 Å². The van der Waals surface area contributed by atoms with Crippen molar-refractivity contribution in [3.05, 3.63) is 18.2 Å². The molecule has 0 aliphatic carbocycles. The first-order valence-electron chi connectivity index (χ1n) is 4.89. The Morgan fingerprint density at radius 1 is 1.44 bits per heavy atom. The lowest BCUT2D eigenvalue weighted by Crippen LogP contribution is -2.34. The number of hydrazine groups is 1. The van der Waals surface area contributed by atoms with Crippen molar-refractivity contribution in [1.82, 2.24) is 9.88 Å². The summed E-state index contributed by atoms with van der Waals surface area (Å²) in [7, 11) is 5.26. The van der Waals surface area contributed by atoms with Crippen LogP contribution in [-0.2, 0) is 4.79 Å². The minimum Gasteiger partial charge on any atom is -0.350 e. The number of likely N-dealkylation sites (N-methyl/N-ethyl adjacent to an activating group) is 2. The van der Waals surface area contributed by atoms with E-state index in [1.54, 1.807) is 30.0 Å². The lowest BCUT2D eigenvalue weighted by Gasteiger charge is -2.20. The zero-order valence-corrected chi connectivity index (χ0v) is 9.77. The number of nitrogens with two attached hydrogens (primary N) is 1. The summed E-state index contributed by atoms with van der Waals surface area (Å²) in [6, 6.07) is 5.41. The smallest absolute Gasteiger partial charge is 0.241 e. The fourth-order valence-electron chi connectivity index (χ4n) is 1.14. The van der Waals surface area contributed by atoms with Gasteiger partial charge in [0.25, 0.3) is 0 Å². The molecule has 0 aliphatic rings. The minimum absolute atomic E-state index is 0.0235. The number of rotatable bonds is 4. The standard InChI is InChI=1S/C10H17N5O/c1-14(2)10(16)7-15(3)9-6-4-5-8(12-9)13-11/h4-6H,7,11H2,1-3H3,(H,12,13). The van der Waals surface area contributed by atoms with Crippen LogP contribution in [0.15, 0.2) is 18.2 Å². The maximum Gasteiger partial charge on any atom is 0.241 e. The molecule has 0 saturated heterocycles. The van der Waals surface area contributed by atoms with Crippen molar-refractivity contribution in [3.8, 4) is 0 Å². The fourth-order valence-corrected chi connectivity index (χ4v) is 1.14. The average Bonchev–Trinajstić information content (AvgIpc) is 2.28. The highest BCUT2D eigenvalue weighted by Gasteiger charge is 2.10. The molecule has 1 rings (SSSR count). The van der Waals surface area contributed by atoms with Crippen LogP contribution in [0.25, 0.3) is 0 Å². The largest absolute Gasteiger partial charge is 0.350 e. The second-order valence-electron chi connectivity index (χ2n) is 3.67. The first-order chi connectivity index (χ1) is 7.54. The Balaban J connectivity index is 2.72. The van der Waals surface area contributed by atoms with E-state index < -0.39 is 0 Å². The van der Waals surface area contributed by atoms with Gasteiger partial charge < -0.3 is 15.2 Å². The molecule has 6 heteroatoms. The molecule has 0 aliphatic heterocycles. The lowest BCUT2D eigenvalue weighted by atomic mass is 10.4. The summed E-state index contributed by atoms with van der Waals surface area (Å²) < 4.78 is 0. The van der Waals surface area contributed by atoms with Crippen LogP contribution in [-0.4, -0.2) is 43.5 Å². The van der Waals surface area contributed by atoms with Crippen molar-refractivity contribution >= 4 is 17.5 Å². The summed E-state index contributed by atoms with van der Waals surface area (Å²) >= 11 is 0. The zero-order valence-electron chi connectivity index (χ0n) is 9.77. The molecule has 0 bridgehead atoms. The van der Waals surface area contributed by atoms with E-state index in [0.29, 0.717) is 11.6 Å². The Hall–Kier alpha value is -1.82. The van der Waals surface area contributed by atoms with Crippen molar-refractivity contribution in [2.75, 3.05) is 38.0 Å². The number of carbonyl (C=O) groups excluding carboxylic acids is 1. The first kappa shape index (κ1) is 12.3. The van der Waals surface area contributed by atoms with Gasteiger partial charge in [-0.05, 0) is 12.1 Å². The molecule has 1 aromatic rings. The quantitative estimate of drug-likeness (QED) is 0.550. The summed E-state index contributed by atoms with van der Waals surface area (Å²) in [5.41, 5.74) is 2.47. The third-order valence-electron chi connectivity index (χ3n) is 2.14. The van der Waals surface area contributed by atoms with E-state index in [-0.39, 0.29) is 12.5 Å². The number of hydrogen-bond acceptors (Lipinski definition) is 5. The van der Waals surface area contributed by atoms with Crippen molar-refractivity contribution in [2.24, 2.45) is 5.84 Å². The van der Waals surface area contributed by atoms with Crippen LogP contribution in [0.3, 0.4) is 0 Å². The normalized spacial score (nSPS) is 9.75. The molecule has 16 heavy (non-hydrogen) atoms. The van der Waals surface area contributed by atoms with Crippen molar-refractivity contribution in [2.45, 2.75) is 0 Å². The Labute approximate surface area is 95.0 Å². The number of amides is 1. The van der Waals surface area contributed by atoms with E-state index in [2.05, 4.69) is 10.4 Å². The second kappa shape index (κ2) is 5.32. The molecule has 0 saturated carbocycles. The number of carbonyl (C=O) groups is 1. The lowest BCUT2D eigenvalue weighted by molar-refractivity contribution is -0.127. The predicted octanol–water partition coefficient (Wildman–Crippen LogP) is -0.108. The van der Waals surface area contributed by atoms with E-state index in [9.17, 15) is 4.79 Å². The maximum absolute atomic E-state index is 11.5. The SMILES string of the molecule is CN(C)C(=O)CN(C)c1cccc(NN)n1. The number of nitrogens with zero attached hydrogens (tertiary/aromatic N) is 3. The van der Waals surface area contributed by atoms with Gasteiger partial charge >= 0.3 is 0 Å². The molecule has 0 atom stereocenters. The van der Waals surface area contributed by atoms with Crippen LogP contribution < -0.4 is 16.2 Å². The Morgan fingerprint density at radius 3 is 2.69 bits per heavy atom. The number of hydrogen-bond donors (Lipinski definition) is 2. The van der Waals surface area contributed by atoms with Gasteiger partial charge in [0.1, 0.15) is 11.6 Å². The summed E-state index contributed by atoms with van der Waals surface area (Å²) in [5, 5.41) is 0. The summed E-state index contributed by atoms with van der Waals surface area (Å²) in [5.74, 6) is 6.56. The molecule has 0 radical (unpaired) electrons. The molecule has 0 unspecified atom stereocenters. The Morgan fingerprint density at radius 2 is 2.12 bits per heavy atom. The van der Waals surface area contributed by atoms with Gasteiger partial charge in [-0.25, -0.2) is 10.8 Å². The fraction of sp³-hybridized carbons (Fsp3) is 0.400. The molecule has 3 N–H and O–H groups in total. The topological polar surface area (TPSA) is 74.5 Å². The van der Waals surface area contributed by atoms with Crippen LogP contribution in [0.2, 0.25) is 0 Å². The number of pyridine rings is 1. The molecular weight excluding hydrogens is 206 g/mol. The summed E-state index contributed by atoms with van der Waals surface area (Å²) in [6.45, 7) is 0.286. The van der Waals surface area contributed by atoms with Gasteiger partial charge in [0.2, 0.25) is 5.91 Å². The number of aromatic nitrogens is 1. The van der Waals surface area contributed by atoms with Gasteiger partial charge in [-0.1, -0.05) is 6.07 Å². The zero-order chi connectivity index (χ0) is 12.1. The van der Waals surface area contributed by atoms with E-state index in [1.165, 1.54) is 0 Å². The molecule has 1 amide bonds. The number of nitrogens with one attached hydrogen (secondary N) is 1. The third-order valence-corrected chi connectivity index (χ3v) is 2.14.